The minimum Gasteiger partial charge on any atom is -0.493 e. The maximum Gasteiger partial charge on any atom is 0.283 e. The van der Waals surface area contributed by atoms with Crippen molar-refractivity contribution in [3.05, 3.63) is 59.7 Å². The van der Waals surface area contributed by atoms with Crippen LogP contribution in [0.1, 0.15) is 19.4 Å². The summed E-state index contributed by atoms with van der Waals surface area (Å²) < 4.78 is 16.7. The Balaban J connectivity index is 1.36. The minimum atomic E-state index is -0.437. The Kier molecular flexibility index (Phi) is 6.79. The SMILES string of the molecule is COc1ccccc1OCCOc1ccc(/C=C2\C(=N)N3N=C(C(C)C)SC3=NC2=O)cc1. The van der Waals surface area contributed by atoms with E-state index >= 15 is 0 Å². The summed E-state index contributed by atoms with van der Waals surface area (Å²) in [5.41, 5.74) is 0.964. The lowest BCUT2D eigenvalue weighted by molar-refractivity contribution is -0.114. The van der Waals surface area contributed by atoms with Crippen molar-refractivity contribution in [2.24, 2.45) is 16.0 Å². The zero-order valence-electron chi connectivity index (χ0n) is 18.6. The van der Waals surface area contributed by atoms with Gasteiger partial charge >= 0.3 is 0 Å². The Morgan fingerprint density at radius 1 is 1.06 bits per heavy atom. The molecule has 0 aliphatic carbocycles. The molecule has 0 fully saturated rings. The van der Waals surface area contributed by atoms with Crippen molar-refractivity contribution in [1.82, 2.24) is 5.01 Å². The third kappa shape index (κ3) is 5.09. The first-order chi connectivity index (χ1) is 16.0. The summed E-state index contributed by atoms with van der Waals surface area (Å²) >= 11 is 1.33. The number of ether oxygens (including phenoxy) is 3. The van der Waals surface area contributed by atoms with Crippen LogP contribution in [0.3, 0.4) is 0 Å². The number of rotatable bonds is 8. The monoisotopic (exact) mass is 464 g/mol. The number of benzene rings is 2. The number of amidine groups is 2. The first-order valence-electron chi connectivity index (χ1n) is 10.4. The van der Waals surface area contributed by atoms with Crippen molar-refractivity contribution in [3.8, 4) is 17.2 Å². The summed E-state index contributed by atoms with van der Waals surface area (Å²) in [6.45, 7) is 4.76. The summed E-state index contributed by atoms with van der Waals surface area (Å²) in [5, 5.41) is 15.6. The Morgan fingerprint density at radius 3 is 2.45 bits per heavy atom. The summed E-state index contributed by atoms with van der Waals surface area (Å²) in [7, 11) is 1.60. The summed E-state index contributed by atoms with van der Waals surface area (Å²) in [6.07, 6.45) is 1.65. The lowest BCUT2D eigenvalue weighted by Crippen LogP contribution is -2.35. The molecular formula is C24H24N4O4S. The molecule has 0 atom stereocenters. The molecule has 0 saturated carbocycles. The number of hydrogen-bond acceptors (Lipinski definition) is 7. The predicted molar refractivity (Wildman–Crippen MR) is 130 cm³/mol. The van der Waals surface area contributed by atoms with Gasteiger partial charge in [0.15, 0.2) is 17.3 Å². The van der Waals surface area contributed by atoms with E-state index in [2.05, 4.69) is 10.1 Å². The normalized spacial score (nSPS) is 16.6. The highest BCUT2D eigenvalue weighted by Gasteiger charge is 2.36. The quantitative estimate of drug-likeness (QED) is 0.459. The molecule has 2 aromatic rings. The average Bonchev–Trinajstić information content (AvgIpc) is 3.25. The first kappa shape index (κ1) is 22.6. The van der Waals surface area contributed by atoms with Crippen molar-refractivity contribution in [2.75, 3.05) is 20.3 Å². The molecule has 2 aromatic carbocycles. The van der Waals surface area contributed by atoms with Crippen LogP contribution in [0, 0.1) is 11.3 Å². The second-order valence-corrected chi connectivity index (χ2v) is 8.52. The van der Waals surface area contributed by atoms with Gasteiger partial charge in [0.25, 0.3) is 5.91 Å². The molecule has 1 N–H and O–H groups in total. The van der Waals surface area contributed by atoms with Crippen LogP contribution in [0.4, 0.5) is 0 Å². The van der Waals surface area contributed by atoms with Crippen molar-refractivity contribution in [2.45, 2.75) is 13.8 Å². The Bertz CT molecular complexity index is 1160. The third-order valence-corrected chi connectivity index (χ3v) is 6.04. The summed E-state index contributed by atoms with van der Waals surface area (Å²) in [5.74, 6) is 1.80. The number of thioether (sulfide) groups is 1. The van der Waals surface area contributed by atoms with Gasteiger partial charge in [-0.15, -0.1) is 0 Å². The molecule has 9 heteroatoms. The lowest BCUT2D eigenvalue weighted by Gasteiger charge is -2.20. The number of hydrazone groups is 1. The number of para-hydroxylation sites is 2. The van der Waals surface area contributed by atoms with Crippen LogP contribution in [0.25, 0.3) is 6.08 Å². The minimum absolute atomic E-state index is 0.0296. The van der Waals surface area contributed by atoms with Gasteiger partial charge in [0.1, 0.15) is 24.0 Å². The van der Waals surface area contributed by atoms with E-state index in [9.17, 15) is 4.79 Å². The fourth-order valence-corrected chi connectivity index (χ4v) is 4.01. The van der Waals surface area contributed by atoms with Gasteiger partial charge in [-0.1, -0.05) is 38.1 Å². The van der Waals surface area contributed by atoms with Crippen molar-refractivity contribution in [3.63, 3.8) is 0 Å². The molecule has 33 heavy (non-hydrogen) atoms. The zero-order chi connectivity index (χ0) is 23.4. The van der Waals surface area contributed by atoms with E-state index in [-0.39, 0.29) is 17.3 Å². The zero-order valence-corrected chi connectivity index (χ0v) is 19.4. The number of carbonyl (C=O) groups is 1. The molecule has 0 bridgehead atoms. The number of amides is 1. The van der Waals surface area contributed by atoms with E-state index in [1.54, 1.807) is 13.2 Å². The van der Waals surface area contributed by atoms with Crippen LogP contribution in [-0.4, -0.2) is 47.3 Å². The molecule has 0 aromatic heterocycles. The molecule has 8 nitrogen and oxygen atoms in total. The second kappa shape index (κ2) is 9.91. The van der Waals surface area contributed by atoms with E-state index in [0.29, 0.717) is 35.6 Å². The highest BCUT2D eigenvalue weighted by atomic mass is 32.2. The van der Waals surface area contributed by atoms with Gasteiger partial charge in [0.2, 0.25) is 5.17 Å². The van der Waals surface area contributed by atoms with Crippen LogP contribution in [-0.2, 0) is 4.79 Å². The maximum atomic E-state index is 12.5. The highest BCUT2D eigenvalue weighted by Crippen LogP contribution is 2.31. The Labute approximate surface area is 196 Å². The largest absolute Gasteiger partial charge is 0.493 e. The van der Waals surface area contributed by atoms with E-state index in [0.717, 1.165) is 10.6 Å². The second-order valence-electron chi connectivity index (χ2n) is 7.53. The van der Waals surface area contributed by atoms with Crippen LogP contribution in [0.5, 0.6) is 17.2 Å². The number of nitrogens with zero attached hydrogens (tertiary/aromatic N) is 3. The Hall–Kier alpha value is -3.59. The fraction of sp³-hybridized carbons (Fsp3) is 0.250. The number of nitrogens with one attached hydrogen (secondary N) is 1. The standard InChI is InChI=1S/C24H24N4O4S/c1-15(2)23-27-28-21(25)18(22(29)26-24(28)33-23)14-16-8-10-17(11-9-16)31-12-13-32-20-7-5-4-6-19(20)30-3/h4-11,14-15,25H,12-13H2,1-3H3/b18-14+,25-21?. The Morgan fingerprint density at radius 2 is 1.76 bits per heavy atom. The van der Waals surface area contributed by atoms with E-state index in [4.69, 9.17) is 19.6 Å². The van der Waals surface area contributed by atoms with Gasteiger partial charge in [-0.2, -0.15) is 15.1 Å². The molecule has 0 saturated heterocycles. The summed E-state index contributed by atoms with van der Waals surface area (Å²) in [6, 6.07) is 14.7. The molecule has 4 rings (SSSR count). The van der Waals surface area contributed by atoms with Gasteiger partial charge in [-0.3, -0.25) is 10.2 Å². The van der Waals surface area contributed by atoms with Gasteiger partial charge in [0, 0.05) is 5.92 Å². The number of aliphatic imine (C=N–C) groups is 1. The molecule has 2 aliphatic heterocycles. The molecule has 2 heterocycles. The topological polar surface area (TPSA) is 96.6 Å². The highest BCUT2D eigenvalue weighted by molar-refractivity contribution is 8.27. The van der Waals surface area contributed by atoms with Gasteiger partial charge < -0.3 is 14.2 Å². The van der Waals surface area contributed by atoms with Crippen LogP contribution in [0.2, 0.25) is 0 Å². The molecule has 1 amide bonds. The van der Waals surface area contributed by atoms with Crippen molar-refractivity contribution in [1.29, 1.82) is 5.41 Å². The number of hydrogen-bond donors (Lipinski definition) is 1. The van der Waals surface area contributed by atoms with Crippen LogP contribution >= 0.6 is 11.8 Å². The van der Waals surface area contributed by atoms with Crippen LogP contribution < -0.4 is 14.2 Å². The average molecular weight is 465 g/mol. The van der Waals surface area contributed by atoms with Gasteiger partial charge in [-0.05, 0) is 47.7 Å². The van der Waals surface area contributed by atoms with E-state index in [1.165, 1.54) is 16.8 Å². The first-order valence-corrected chi connectivity index (χ1v) is 11.3. The number of fused-ring (bicyclic) bond motifs is 1. The number of carbonyl (C=O) groups excluding carboxylic acids is 1. The van der Waals surface area contributed by atoms with Gasteiger partial charge in [0.05, 0.1) is 12.7 Å². The molecule has 170 valence electrons. The third-order valence-electron chi connectivity index (χ3n) is 4.83. The summed E-state index contributed by atoms with van der Waals surface area (Å²) in [4.78, 5) is 16.6. The fourth-order valence-electron chi connectivity index (χ4n) is 3.12. The van der Waals surface area contributed by atoms with E-state index in [1.807, 2.05) is 62.4 Å². The van der Waals surface area contributed by atoms with Gasteiger partial charge in [-0.25, -0.2) is 0 Å². The molecule has 2 aliphatic rings. The van der Waals surface area contributed by atoms with Crippen molar-refractivity contribution >= 4 is 39.8 Å². The molecule has 0 unspecified atom stereocenters. The molecule has 0 spiro atoms. The van der Waals surface area contributed by atoms with Crippen LogP contribution in [0.15, 0.2) is 64.2 Å². The van der Waals surface area contributed by atoms with Crippen molar-refractivity contribution < 1.29 is 19.0 Å². The molecular weight excluding hydrogens is 440 g/mol. The lowest BCUT2D eigenvalue weighted by atomic mass is 10.1. The molecule has 0 radical (unpaired) electrons. The number of methoxy groups -OCH3 is 1. The maximum absolute atomic E-state index is 12.5. The predicted octanol–water partition coefficient (Wildman–Crippen LogP) is 4.43. The smallest absolute Gasteiger partial charge is 0.283 e. The van der Waals surface area contributed by atoms with E-state index < -0.39 is 5.91 Å².